The number of ether oxygens (including phenoxy) is 2. The van der Waals surface area contributed by atoms with E-state index < -0.39 is 0 Å². The van der Waals surface area contributed by atoms with E-state index in [1.807, 2.05) is 0 Å². The van der Waals surface area contributed by atoms with Crippen LogP contribution in [-0.2, 0) is 9.47 Å². The highest BCUT2D eigenvalue weighted by atomic mass is 32.1. The zero-order chi connectivity index (χ0) is 13.0. The Kier molecular flexibility index (Phi) is 4.87. The third kappa shape index (κ3) is 2.63. The van der Waals surface area contributed by atoms with E-state index in [0.29, 0.717) is 5.92 Å². The molecule has 2 rings (SSSR count). The molecule has 0 spiro atoms. The number of hydrogen-bond donors (Lipinski definition) is 1. The number of rotatable bonds is 6. The van der Waals surface area contributed by atoms with Crippen molar-refractivity contribution >= 4 is 18.7 Å². The molecule has 0 N–H and O–H groups in total. The van der Waals surface area contributed by atoms with Crippen LogP contribution in [0.15, 0.2) is 29.8 Å². The second-order valence-corrected chi connectivity index (χ2v) is 4.94. The summed E-state index contributed by atoms with van der Waals surface area (Å²) >= 11 is 4.31. The number of fused-ring (bicyclic) bond motifs is 1. The number of benzene rings is 1. The molecule has 1 aromatic carbocycles. The van der Waals surface area contributed by atoms with E-state index in [9.17, 15) is 0 Å². The molecule has 1 aliphatic carbocycles. The van der Waals surface area contributed by atoms with Crippen LogP contribution in [0.3, 0.4) is 0 Å². The standard InChI is InChI=1S/C15H20O2S/c1-16-15(17-2)14-10-11-6-3-4-7-12(11)13(14)8-5-9-18/h3-4,6-7,10,13,15,18H,5,8-9H2,1-2H3. The molecule has 0 heterocycles. The second-order valence-electron chi connectivity index (χ2n) is 4.50. The van der Waals surface area contributed by atoms with Crippen molar-refractivity contribution in [2.45, 2.75) is 25.0 Å². The molecule has 1 aromatic rings. The van der Waals surface area contributed by atoms with Crippen LogP contribution in [0, 0.1) is 0 Å². The molecule has 1 aliphatic rings. The average molecular weight is 264 g/mol. The van der Waals surface area contributed by atoms with Gasteiger partial charge >= 0.3 is 0 Å². The smallest absolute Gasteiger partial charge is 0.180 e. The first-order valence-corrected chi connectivity index (χ1v) is 6.92. The molecule has 2 nitrogen and oxygen atoms in total. The third-order valence-electron chi connectivity index (χ3n) is 3.45. The van der Waals surface area contributed by atoms with Crippen LogP contribution < -0.4 is 0 Å². The number of hydrogen-bond acceptors (Lipinski definition) is 3. The third-order valence-corrected chi connectivity index (χ3v) is 3.76. The van der Waals surface area contributed by atoms with Crippen LogP contribution in [0.25, 0.3) is 6.08 Å². The maximum Gasteiger partial charge on any atom is 0.180 e. The first-order chi connectivity index (χ1) is 8.81. The molecule has 0 fully saturated rings. The Hall–Kier alpha value is -0.770. The summed E-state index contributed by atoms with van der Waals surface area (Å²) in [4.78, 5) is 0. The molecule has 98 valence electrons. The van der Waals surface area contributed by atoms with Gasteiger partial charge in [-0.05, 0) is 41.4 Å². The molecule has 1 unspecified atom stereocenters. The molecule has 1 atom stereocenters. The fourth-order valence-corrected chi connectivity index (χ4v) is 2.82. The highest BCUT2D eigenvalue weighted by Crippen LogP contribution is 2.41. The van der Waals surface area contributed by atoms with Gasteiger partial charge in [0.2, 0.25) is 0 Å². The predicted molar refractivity (Wildman–Crippen MR) is 78.1 cm³/mol. The van der Waals surface area contributed by atoms with Crippen LogP contribution in [0.1, 0.15) is 29.9 Å². The lowest BCUT2D eigenvalue weighted by atomic mass is 9.91. The van der Waals surface area contributed by atoms with E-state index in [2.05, 4.69) is 43.0 Å². The van der Waals surface area contributed by atoms with Gasteiger partial charge in [0.25, 0.3) is 0 Å². The molecule has 0 saturated heterocycles. The van der Waals surface area contributed by atoms with Gasteiger partial charge in [0, 0.05) is 20.1 Å². The Morgan fingerprint density at radius 2 is 1.94 bits per heavy atom. The zero-order valence-electron chi connectivity index (χ0n) is 10.9. The summed E-state index contributed by atoms with van der Waals surface area (Å²) in [7, 11) is 3.38. The topological polar surface area (TPSA) is 18.5 Å². The van der Waals surface area contributed by atoms with Crippen molar-refractivity contribution in [3.63, 3.8) is 0 Å². The van der Waals surface area contributed by atoms with E-state index in [1.54, 1.807) is 14.2 Å². The van der Waals surface area contributed by atoms with Crippen LogP contribution in [-0.4, -0.2) is 26.3 Å². The van der Waals surface area contributed by atoms with Gasteiger partial charge in [-0.2, -0.15) is 12.6 Å². The SMILES string of the molecule is COC(OC)C1=Cc2ccccc2C1CCCS. The van der Waals surface area contributed by atoms with Crippen molar-refractivity contribution in [1.82, 2.24) is 0 Å². The van der Waals surface area contributed by atoms with Crippen molar-refractivity contribution in [1.29, 1.82) is 0 Å². The molecular weight excluding hydrogens is 244 g/mol. The quantitative estimate of drug-likeness (QED) is 0.626. The Bertz CT molecular complexity index is 424. The normalized spacial score (nSPS) is 18.0. The summed E-state index contributed by atoms with van der Waals surface area (Å²) in [5.41, 5.74) is 3.90. The lowest BCUT2D eigenvalue weighted by molar-refractivity contribution is -0.0771. The molecule has 0 aliphatic heterocycles. The van der Waals surface area contributed by atoms with Crippen molar-refractivity contribution in [2.24, 2.45) is 0 Å². The van der Waals surface area contributed by atoms with Crippen LogP contribution in [0.5, 0.6) is 0 Å². The van der Waals surface area contributed by atoms with Gasteiger partial charge in [-0.1, -0.05) is 24.3 Å². The number of methoxy groups -OCH3 is 2. The minimum absolute atomic E-state index is 0.248. The van der Waals surface area contributed by atoms with Gasteiger partial charge in [0.05, 0.1) is 0 Å². The Balaban J connectivity index is 2.28. The van der Waals surface area contributed by atoms with Gasteiger partial charge in [0.1, 0.15) is 0 Å². The first-order valence-electron chi connectivity index (χ1n) is 6.28. The lowest BCUT2D eigenvalue weighted by Crippen LogP contribution is -2.19. The van der Waals surface area contributed by atoms with Gasteiger partial charge < -0.3 is 9.47 Å². The maximum absolute atomic E-state index is 5.42. The molecule has 0 saturated carbocycles. The van der Waals surface area contributed by atoms with Crippen LogP contribution in [0.2, 0.25) is 0 Å². The Morgan fingerprint density at radius 3 is 2.61 bits per heavy atom. The van der Waals surface area contributed by atoms with Gasteiger partial charge in [-0.25, -0.2) is 0 Å². The highest BCUT2D eigenvalue weighted by molar-refractivity contribution is 7.80. The molecular formula is C15H20O2S. The van der Waals surface area contributed by atoms with Crippen molar-refractivity contribution < 1.29 is 9.47 Å². The summed E-state index contributed by atoms with van der Waals surface area (Å²) in [6, 6.07) is 8.52. The lowest BCUT2D eigenvalue weighted by Gasteiger charge is -2.22. The summed E-state index contributed by atoms with van der Waals surface area (Å²) in [5.74, 6) is 1.31. The fraction of sp³-hybridized carbons (Fsp3) is 0.467. The van der Waals surface area contributed by atoms with Gasteiger partial charge in [-0.3, -0.25) is 0 Å². The van der Waals surface area contributed by atoms with E-state index >= 15 is 0 Å². The molecule has 18 heavy (non-hydrogen) atoms. The zero-order valence-corrected chi connectivity index (χ0v) is 11.8. The van der Waals surface area contributed by atoms with Gasteiger partial charge in [-0.15, -0.1) is 0 Å². The van der Waals surface area contributed by atoms with Crippen molar-refractivity contribution in [3.05, 3.63) is 41.0 Å². The van der Waals surface area contributed by atoms with Crippen LogP contribution in [0.4, 0.5) is 0 Å². The molecule has 0 radical (unpaired) electrons. The van der Waals surface area contributed by atoms with E-state index in [4.69, 9.17) is 9.47 Å². The summed E-state index contributed by atoms with van der Waals surface area (Å²) < 4.78 is 10.8. The van der Waals surface area contributed by atoms with Crippen molar-refractivity contribution in [2.75, 3.05) is 20.0 Å². The maximum atomic E-state index is 5.42. The summed E-state index contributed by atoms with van der Waals surface area (Å²) in [5, 5.41) is 0. The molecule has 3 heteroatoms. The fourth-order valence-electron chi connectivity index (χ4n) is 2.64. The number of thiol groups is 1. The largest absolute Gasteiger partial charge is 0.352 e. The highest BCUT2D eigenvalue weighted by Gasteiger charge is 2.29. The van der Waals surface area contributed by atoms with Crippen LogP contribution >= 0.6 is 12.6 Å². The van der Waals surface area contributed by atoms with Crippen molar-refractivity contribution in [3.8, 4) is 0 Å². The average Bonchev–Trinajstić information content (AvgIpc) is 2.76. The minimum atomic E-state index is -0.248. The monoisotopic (exact) mass is 264 g/mol. The minimum Gasteiger partial charge on any atom is -0.352 e. The molecule has 0 bridgehead atoms. The van der Waals surface area contributed by atoms with Gasteiger partial charge in [0.15, 0.2) is 6.29 Å². The van der Waals surface area contributed by atoms with E-state index in [1.165, 1.54) is 16.7 Å². The molecule has 0 aromatic heterocycles. The van der Waals surface area contributed by atoms with E-state index in [-0.39, 0.29) is 6.29 Å². The second kappa shape index (κ2) is 6.41. The predicted octanol–water partition coefficient (Wildman–Crippen LogP) is 3.50. The summed E-state index contributed by atoms with van der Waals surface area (Å²) in [6.07, 6.45) is 4.15. The Morgan fingerprint density at radius 1 is 1.22 bits per heavy atom. The van der Waals surface area contributed by atoms with E-state index in [0.717, 1.165) is 18.6 Å². The first kappa shape index (κ1) is 13.7. The summed E-state index contributed by atoms with van der Waals surface area (Å²) in [6.45, 7) is 0. The molecule has 0 amide bonds. The Labute approximate surface area is 114 Å².